The zero-order chi connectivity index (χ0) is 16.0. The van der Waals surface area contributed by atoms with Gasteiger partial charge in [0.05, 0.1) is 5.41 Å². The van der Waals surface area contributed by atoms with Crippen LogP contribution in [0.25, 0.3) is 0 Å². The van der Waals surface area contributed by atoms with Gasteiger partial charge in [0.25, 0.3) is 0 Å². The number of amides is 1. The second kappa shape index (κ2) is 4.94. The summed E-state index contributed by atoms with van der Waals surface area (Å²) in [6.07, 6.45) is 3.21. The Kier molecular flexibility index (Phi) is 3.01. The van der Waals surface area contributed by atoms with Gasteiger partial charge in [0.2, 0.25) is 11.9 Å². The number of fused-ring (bicyclic) bond motifs is 2. The Morgan fingerprint density at radius 1 is 1.17 bits per heavy atom. The van der Waals surface area contributed by atoms with Crippen LogP contribution in [0, 0.1) is 0 Å². The van der Waals surface area contributed by atoms with E-state index in [4.69, 9.17) is 5.73 Å². The fourth-order valence-corrected chi connectivity index (χ4v) is 3.80. The van der Waals surface area contributed by atoms with Gasteiger partial charge in [0, 0.05) is 32.0 Å². The van der Waals surface area contributed by atoms with Crippen molar-refractivity contribution in [1.29, 1.82) is 0 Å². The molecule has 1 aromatic carbocycles. The predicted molar refractivity (Wildman–Crippen MR) is 89.4 cm³/mol. The molecule has 2 N–H and O–H groups in total. The van der Waals surface area contributed by atoms with Crippen molar-refractivity contribution in [2.24, 2.45) is 0 Å². The molecule has 1 aromatic heterocycles. The molecule has 0 aliphatic carbocycles. The lowest BCUT2D eigenvalue weighted by Gasteiger charge is -2.38. The first-order valence-electron chi connectivity index (χ1n) is 7.83. The summed E-state index contributed by atoms with van der Waals surface area (Å²) in [7, 11) is 1.86. The third kappa shape index (κ3) is 1.98. The van der Waals surface area contributed by atoms with Crippen molar-refractivity contribution in [1.82, 2.24) is 9.97 Å². The number of anilines is 3. The second-order valence-electron chi connectivity index (χ2n) is 6.23. The Balaban J connectivity index is 1.63. The Labute approximate surface area is 134 Å². The molecule has 6 heteroatoms. The minimum absolute atomic E-state index is 0.201. The molecule has 2 aliphatic rings. The predicted octanol–water partition coefficient (Wildman–Crippen LogP) is 1.57. The first kappa shape index (κ1) is 14.0. The highest BCUT2D eigenvalue weighted by atomic mass is 16.2. The molecule has 1 spiro atoms. The molecular weight excluding hydrogens is 290 g/mol. The number of likely N-dealkylation sites (N-methyl/N-ethyl adjacent to an activating group) is 1. The number of carbonyl (C=O) groups excluding carboxylic acids is 1. The lowest BCUT2D eigenvalue weighted by molar-refractivity contribution is -0.123. The molecule has 1 saturated heterocycles. The van der Waals surface area contributed by atoms with Crippen LogP contribution < -0.4 is 15.5 Å². The summed E-state index contributed by atoms with van der Waals surface area (Å²) < 4.78 is 0. The molecule has 3 heterocycles. The Morgan fingerprint density at radius 2 is 1.91 bits per heavy atom. The topological polar surface area (TPSA) is 75.4 Å². The van der Waals surface area contributed by atoms with Gasteiger partial charge in [-0.15, -0.1) is 0 Å². The minimum Gasteiger partial charge on any atom is -0.384 e. The molecule has 1 fully saturated rings. The van der Waals surface area contributed by atoms with Crippen LogP contribution in [-0.2, 0) is 10.2 Å². The Bertz CT molecular complexity index is 767. The number of nitrogens with zero attached hydrogens (tertiary/aromatic N) is 4. The van der Waals surface area contributed by atoms with Crippen LogP contribution in [0.4, 0.5) is 17.5 Å². The van der Waals surface area contributed by atoms with Gasteiger partial charge in [-0.3, -0.25) is 4.79 Å². The van der Waals surface area contributed by atoms with Crippen LogP contribution in [0.15, 0.2) is 36.5 Å². The summed E-state index contributed by atoms with van der Waals surface area (Å²) in [6, 6.07) is 9.79. The van der Waals surface area contributed by atoms with Crippen LogP contribution in [0.5, 0.6) is 0 Å². The molecule has 0 unspecified atom stereocenters. The lowest BCUT2D eigenvalue weighted by Crippen LogP contribution is -2.48. The number of hydrogen-bond acceptors (Lipinski definition) is 5. The van der Waals surface area contributed by atoms with Gasteiger partial charge in [0.1, 0.15) is 5.82 Å². The van der Waals surface area contributed by atoms with E-state index in [1.165, 1.54) is 0 Å². The molecule has 0 bridgehead atoms. The molecular formula is C17H19N5O. The molecule has 118 valence electrons. The fourth-order valence-electron chi connectivity index (χ4n) is 3.80. The number of hydrogen-bond donors (Lipinski definition) is 1. The zero-order valence-electron chi connectivity index (χ0n) is 13.1. The number of benzene rings is 1. The smallest absolute Gasteiger partial charge is 0.237 e. The average molecular weight is 309 g/mol. The quantitative estimate of drug-likeness (QED) is 0.865. The van der Waals surface area contributed by atoms with E-state index in [0.29, 0.717) is 11.8 Å². The first-order chi connectivity index (χ1) is 11.1. The molecule has 2 aromatic rings. The monoisotopic (exact) mass is 309 g/mol. The van der Waals surface area contributed by atoms with Crippen molar-refractivity contribution in [2.45, 2.75) is 18.3 Å². The van der Waals surface area contributed by atoms with E-state index in [1.807, 2.05) is 25.2 Å². The number of nitrogens with two attached hydrogens (primary N) is 1. The number of piperidine rings is 1. The average Bonchev–Trinajstić information content (AvgIpc) is 2.79. The molecule has 0 saturated carbocycles. The zero-order valence-corrected chi connectivity index (χ0v) is 13.1. The number of rotatable bonds is 1. The van der Waals surface area contributed by atoms with Crippen molar-refractivity contribution in [3.63, 3.8) is 0 Å². The Hall–Kier alpha value is -2.63. The van der Waals surface area contributed by atoms with Gasteiger partial charge in [-0.25, -0.2) is 4.98 Å². The number of carbonyl (C=O) groups is 1. The van der Waals surface area contributed by atoms with Crippen molar-refractivity contribution in [2.75, 3.05) is 35.7 Å². The second-order valence-corrected chi connectivity index (χ2v) is 6.23. The van der Waals surface area contributed by atoms with Crippen LogP contribution in [0.1, 0.15) is 18.4 Å². The number of para-hydroxylation sites is 1. The van der Waals surface area contributed by atoms with E-state index in [9.17, 15) is 4.79 Å². The van der Waals surface area contributed by atoms with Crippen LogP contribution in [0.3, 0.4) is 0 Å². The molecule has 0 atom stereocenters. The number of aromatic nitrogens is 2. The third-order valence-corrected chi connectivity index (χ3v) is 5.06. The van der Waals surface area contributed by atoms with Gasteiger partial charge < -0.3 is 15.5 Å². The van der Waals surface area contributed by atoms with E-state index in [2.05, 4.69) is 20.9 Å². The molecule has 4 rings (SSSR count). The SMILES string of the molecule is CN1C(=O)C2(CCN(c3nccc(N)n3)CC2)c2ccccc21. The van der Waals surface area contributed by atoms with Crippen LogP contribution in [-0.4, -0.2) is 36.0 Å². The van der Waals surface area contributed by atoms with Crippen LogP contribution in [0.2, 0.25) is 0 Å². The van der Waals surface area contributed by atoms with Crippen LogP contribution >= 0.6 is 0 Å². The summed E-state index contributed by atoms with van der Waals surface area (Å²) >= 11 is 0. The van der Waals surface area contributed by atoms with E-state index < -0.39 is 5.41 Å². The molecule has 1 amide bonds. The summed E-state index contributed by atoms with van der Waals surface area (Å²) in [5.41, 5.74) is 7.53. The number of nitrogen functional groups attached to an aromatic ring is 1. The Morgan fingerprint density at radius 3 is 2.65 bits per heavy atom. The van der Waals surface area contributed by atoms with Crippen molar-refractivity contribution in [3.05, 3.63) is 42.1 Å². The maximum Gasteiger partial charge on any atom is 0.237 e. The highest BCUT2D eigenvalue weighted by molar-refractivity contribution is 6.07. The van der Waals surface area contributed by atoms with E-state index in [1.54, 1.807) is 17.2 Å². The van der Waals surface area contributed by atoms with Gasteiger partial charge >= 0.3 is 0 Å². The van der Waals surface area contributed by atoms with Gasteiger partial charge in [-0.05, 0) is 30.5 Å². The maximum atomic E-state index is 12.9. The standard InChI is InChI=1S/C17H19N5O/c1-21-13-5-3-2-4-12(13)17(15(21)23)7-10-22(11-8-17)16-19-9-6-14(18)20-16/h2-6,9H,7-8,10-11H2,1H3,(H2,18,19,20). The van der Waals surface area contributed by atoms with Gasteiger partial charge in [0.15, 0.2) is 0 Å². The molecule has 23 heavy (non-hydrogen) atoms. The lowest BCUT2D eigenvalue weighted by atomic mass is 9.74. The normalized spacial score (nSPS) is 19.3. The minimum atomic E-state index is -0.401. The van der Waals surface area contributed by atoms with E-state index >= 15 is 0 Å². The summed E-state index contributed by atoms with van der Waals surface area (Å²) in [6.45, 7) is 1.49. The largest absolute Gasteiger partial charge is 0.384 e. The van der Waals surface area contributed by atoms with Crippen molar-refractivity contribution < 1.29 is 4.79 Å². The van der Waals surface area contributed by atoms with Crippen molar-refractivity contribution >= 4 is 23.4 Å². The van der Waals surface area contributed by atoms with Crippen molar-refractivity contribution in [3.8, 4) is 0 Å². The molecule has 2 aliphatic heterocycles. The maximum absolute atomic E-state index is 12.9. The van der Waals surface area contributed by atoms with Gasteiger partial charge in [-0.2, -0.15) is 4.98 Å². The first-order valence-corrected chi connectivity index (χ1v) is 7.83. The van der Waals surface area contributed by atoms with E-state index in [0.717, 1.165) is 37.2 Å². The van der Waals surface area contributed by atoms with E-state index in [-0.39, 0.29) is 5.91 Å². The third-order valence-electron chi connectivity index (χ3n) is 5.06. The summed E-state index contributed by atoms with van der Waals surface area (Å²) in [5.74, 6) is 1.32. The fraction of sp³-hybridized carbons (Fsp3) is 0.353. The molecule has 0 radical (unpaired) electrons. The molecule has 6 nitrogen and oxygen atoms in total. The summed E-state index contributed by atoms with van der Waals surface area (Å²) in [5, 5.41) is 0. The highest BCUT2D eigenvalue weighted by Crippen LogP contribution is 2.47. The summed E-state index contributed by atoms with van der Waals surface area (Å²) in [4.78, 5) is 25.4. The van der Waals surface area contributed by atoms with Gasteiger partial charge in [-0.1, -0.05) is 18.2 Å². The highest BCUT2D eigenvalue weighted by Gasteiger charge is 2.50.